The summed E-state index contributed by atoms with van der Waals surface area (Å²) < 4.78 is 5.11. The quantitative estimate of drug-likeness (QED) is 0.416. The average Bonchev–Trinajstić information content (AvgIpc) is 2.63. The molecule has 0 aliphatic heterocycles. The molecular weight excluding hydrogens is 310 g/mol. The summed E-state index contributed by atoms with van der Waals surface area (Å²) >= 11 is 0. The molecule has 0 unspecified atom stereocenters. The van der Waals surface area contributed by atoms with Gasteiger partial charge in [0.2, 0.25) is 5.88 Å². The lowest BCUT2D eigenvalue weighted by Crippen LogP contribution is -2.10. The third-order valence-corrected chi connectivity index (χ3v) is 3.22. The first kappa shape index (κ1) is 15.3. The Hall–Kier alpha value is -3.61. The summed E-state index contributed by atoms with van der Waals surface area (Å²) in [7, 11) is 0. The Labute approximate surface area is 136 Å². The largest absolute Gasteiger partial charge is 0.402 e. The number of rotatable bonds is 4. The molecule has 0 radical (unpaired) electrons. The molecule has 7 heteroatoms. The molecule has 2 aromatic carbocycles. The zero-order valence-corrected chi connectivity index (χ0v) is 12.3. The summed E-state index contributed by atoms with van der Waals surface area (Å²) in [6, 6.07) is 17.8. The summed E-state index contributed by atoms with van der Waals surface area (Å²) in [6.07, 6.45) is 0. The van der Waals surface area contributed by atoms with Gasteiger partial charge in [0, 0.05) is 23.8 Å². The molecule has 0 bridgehead atoms. The number of carbonyl (C=O) groups is 1. The minimum Gasteiger partial charge on any atom is -0.402 e. The van der Waals surface area contributed by atoms with Crippen molar-refractivity contribution in [1.29, 1.82) is 0 Å². The van der Waals surface area contributed by atoms with Crippen LogP contribution in [0, 0.1) is 10.1 Å². The van der Waals surface area contributed by atoms with Crippen LogP contribution in [0.15, 0.2) is 66.7 Å². The first-order valence-corrected chi connectivity index (χ1v) is 6.99. The Kier molecular flexibility index (Phi) is 4.24. The van der Waals surface area contributed by atoms with E-state index in [-0.39, 0.29) is 17.1 Å². The SMILES string of the molecule is O=C(Oc1ccc(-c2ccccc2)nn1)c1ccc([N+](=O)[O-])cc1. The van der Waals surface area contributed by atoms with Crippen LogP contribution >= 0.6 is 0 Å². The molecule has 0 N–H and O–H groups in total. The number of nitro groups is 1. The third-order valence-electron chi connectivity index (χ3n) is 3.22. The molecule has 0 saturated heterocycles. The number of benzene rings is 2. The zero-order chi connectivity index (χ0) is 16.9. The van der Waals surface area contributed by atoms with Crippen molar-refractivity contribution in [3.05, 3.63) is 82.4 Å². The lowest BCUT2D eigenvalue weighted by Gasteiger charge is -2.04. The summed E-state index contributed by atoms with van der Waals surface area (Å²) in [5.74, 6) is -0.607. The summed E-state index contributed by atoms with van der Waals surface area (Å²) in [6.45, 7) is 0. The Morgan fingerprint density at radius 2 is 1.62 bits per heavy atom. The molecule has 24 heavy (non-hydrogen) atoms. The van der Waals surface area contributed by atoms with E-state index < -0.39 is 10.9 Å². The number of hydrogen-bond donors (Lipinski definition) is 0. The van der Waals surface area contributed by atoms with Crippen molar-refractivity contribution in [2.75, 3.05) is 0 Å². The van der Waals surface area contributed by atoms with E-state index in [0.29, 0.717) is 5.69 Å². The summed E-state index contributed by atoms with van der Waals surface area (Å²) in [5.41, 5.74) is 1.65. The van der Waals surface area contributed by atoms with Crippen LogP contribution < -0.4 is 4.74 Å². The number of nitro benzene ring substituents is 1. The second kappa shape index (κ2) is 6.66. The van der Waals surface area contributed by atoms with Gasteiger partial charge < -0.3 is 4.74 Å². The number of esters is 1. The van der Waals surface area contributed by atoms with E-state index in [2.05, 4.69) is 10.2 Å². The van der Waals surface area contributed by atoms with Gasteiger partial charge in [0.1, 0.15) is 0 Å². The maximum atomic E-state index is 12.0. The van der Waals surface area contributed by atoms with Crippen LogP contribution in [-0.2, 0) is 0 Å². The average molecular weight is 321 g/mol. The zero-order valence-electron chi connectivity index (χ0n) is 12.3. The smallest absolute Gasteiger partial charge is 0.344 e. The summed E-state index contributed by atoms with van der Waals surface area (Å²) in [5, 5.41) is 18.5. The molecule has 0 atom stereocenters. The second-order valence-electron chi connectivity index (χ2n) is 4.82. The molecule has 3 rings (SSSR count). The number of nitrogens with zero attached hydrogens (tertiary/aromatic N) is 3. The van der Waals surface area contributed by atoms with Gasteiger partial charge in [-0.15, -0.1) is 10.2 Å². The van der Waals surface area contributed by atoms with Gasteiger partial charge in [0.25, 0.3) is 5.69 Å². The van der Waals surface area contributed by atoms with E-state index >= 15 is 0 Å². The minimum atomic E-state index is -0.661. The van der Waals surface area contributed by atoms with Crippen LogP contribution in [0.3, 0.4) is 0 Å². The Morgan fingerprint density at radius 3 is 2.21 bits per heavy atom. The molecule has 0 amide bonds. The highest BCUT2D eigenvalue weighted by atomic mass is 16.6. The molecule has 1 heterocycles. The van der Waals surface area contributed by atoms with Crippen LogP contribution in [0.4, 0.5) is 5.69 Å². The predicted molar refractivity (Wildman–Crippen MR) is 85.5 cm³/mol. The Bertz CT molecular complexity index is 863. The fourth-order valence-corrected chi connectivity index (χ4v) is 2.01. The normalized spacial score (nSPS) is 10.2. The molecule has 118 valence electrons. The Morgan fingerprint density at radius 1 is 0.917 bits per heavy atom. The predicted octanol–water partition coefficient (Wildman–Crippen LogP) is 3.27. The van der Waals surface area contributed by atoms with Crippen LogP contribution in [-0.4, -0.2) is 21.1 Å². The van der Waals surface area contributed by atoms with E-state index in [4.69, 9.17) is 4.74 Å². The summed E-state index contributed by atoms with van der Waals surface area (Å²) in [4.78, 5) is 22.0. The monoisotopic (exact) mass is 321 g/mol. The first-order chi connectivity index (χ1) is 11.6. The van der Waals surface area contributed by atoms with Crippen molar-refractivity contribution in [3.8, 4) is 17.1 Å². The highest BCUT2D eigenvalue weighted by Crippen LogP contribution is 2.18. The number of carbonyl (C=O) groups excluding carboxylic acids is 1. The molecule has 0 aliphatic rings. The van der Waals surface area contributed by atoms with E-state index in [1.807, 2.05) is 30.3 Å². The molecule has 0 aliphatic carbocycles. The highest BCUT2D eigenvalue weighted by Gasteiger charge is 2.12. The topological polar surface area (TPSA) is 95.2 Å². The maximum Gasteiger partial charge on any atom is 0.344 e. The van der Waals surface area contributed by atoms with Crippen molar-refractivity contribution in [3.63, 3.8) is 0 Å². The molecular formula is C17H11N3O4. The number of hydrogen-bond acceptors (Lipinski definition) is 6. The fourth-order valence-electron chi connectivity index (χ4n) is 2.01. The number of ether oxygens (including phenoxy) is 1. The minimum absolute atomic E-state index is 0.0537. The van der Waals surface area contributed by atoms with Crippen LogP contribution in [0.5, 0.6) is 5.88 Å². The fraction of sp³-hybridized carbons (Fsp3) is 0. The van der Waals surface area contributed by atoms with Gasteiger partial charge in [0.15, 0.2) is 0 Å². The molecule has 3 aromatic rings. The van der Waals surface area contributed by atoms with Gasteiger partial charge in [-0.2, -0.15) is 0 Å². The molecule has 0 fully saturated rings. The van der Waals surface area contributed by atoms with Gasteiger partial charge in [0.05, 0.1) is 16.2 Å². The van der Waals surface area contributed by atoms with E-state index in [1.165, 1.54) is 24.3 Å². The van der Waals surface area contributed by atoms with Crippen molar-refractivity contribution in [2.45, 2.75) is 0 Å². The second-order valence-corrected chi connectivity index (χ2v) is 4.82. The van der Waals surface area contributed by atoms with Gasteiger partial charge in [-0.3, -0.25) is 10.1 Å². The Balaban J connectivity index is 1.71. The first-order valence-electron chi connectivity index (χ1n) is 6.99. The van der Waals surface area contributed by atoms with E-state index in [0.717, 1.165) is 5.56 Å². The van der Waals surface area contributed by atoms with Crippen molar-refractivity contribution >= 4 is 11.7 Å². The maximum absolute atomic E-state index is 12.0. The lowest BCUT2D eigenvalue weighted by molar-refractivity contribution is -0.384. The molecule has 7 nitrogen and oxygen atoms in total. The number of aromatic nitrogens is 2. The molecule has 1 aromatic heterocycles. The van der Waals surface area contributed by atoms with Gasteiger partial charge >= 0.3 is 5.97 Å². The van der Waals surface area contributed by atoms with E-state index in [9.17, 15) is 14.9 Å². The van der Waals surface area contributed by atoms with Gasteiger partial charge in [-0.1, -0.05) is 30.3 Å². The lowest BCUT2D eigenvalue weighted by atomic mass is 10.1. The van der Waals surface area contributed by atoms with E-state index in [1.54, 1.807) is 12.1 Å². The van der Waals surface area contributed by atoms with Crippen LogP contribution in [0.2, 0.25) is 0 Å². The van der Waals surface area contributed by atoms with Crippen molar-refractivity contribution in [2.24, 2.45) is 0 Å². The molecule has 0 saturated carbocycles. The van der Waals surface area contributed by atoms with Crippen molar-refractivity contribution < 1.29 is 14.5 Å². The molecule has 0 spiro atoms. The standard InChI is InChI=1S/C17H11N3O4/c21-17(13-6-8-14(9-7-13)20(22)23)24-16-11-10-15(18-19-16)12-4-2-1-3-5-12/h1-11H. The highest BCUT2D eigenvalue weighted by molar-refractivity contribution is 5.91. The third kappa shape index (κ3) is 3.41. The van der Waals surface area contributed by atoms with Gasteiger partial charge in [-0.25, -0.2) is 4.79 Å². The van der Waals surface area contributed by atoms with Crippen LogP contribution in [0.1, 0.15) is 10.4 Å². The van der Waals surface area contributed by atoms with Gasteiger partial charge in [-0.05, 0) is 18.2 Å². The van der Waals surface area contributed by atoms with Crippen LogP contribution in [0.25, 0.3) is 11.3 Å². The number of non-ortho nitro benzene ring substituents is 1. The van der Waals surface area contributed by atoms with Crippen molar-refractivity contribution in [1.82, 2.24) is 10.2 Å².